The zero-order valence-corrected chi connectivity index (χ0v) is 45.9. The van der Waals surface area contributed by atoms with Crippen molar-refractivity contribution in [2.75, 3.05) is 0 Å². The van der Waals surface area contributed by atoms with Crippen LogP contribution in [0.3, 0.4) is 0 Å². The molecule has 12 aromatic carbocycles. The molecule has 77 heavy (non-hydrogen) atoms. The maximum Gasteiger partial charge on any atom is 0.179 e. The second-order valence-electron chi connectivity index (χ2n) is 21.0. The Labute approximate surface area is 456 Å². The molecule has 0 atom stereocenters. The summed E-state index contributed by atoms with van der Waals surface area (Å²) in [4.78, 5) is 0. The zero-order valence-electron chi connectivity index (χ0n) is 42.9. The van der Waals surface area contributed by atoms with Crippen LogP contribution in [0.5, 0.6) is 0 Å². The first-order valence-electron chi connectivity index (χ1n) is 27.2. The van der Waals surface area contributed by atoms with Gasteiger partial charge in [0.25, 0.3) is 0 Å². The van der Waals surface area contributed by atoms with Gasteiger partial charge in [-0.1, -0.05) is 315 Å². The minimum absolute atomic E-state index is 0.894. The topological polar surface area (TPSA) is 0 Å². The molecule has 0 radical (unpaired) electrons. The summed E-state index contributed by atoms with van der Waals surface area (Å²) in [5.41, 5.74) is 11.1. The molecule has 0 bridgehead atoms. The Bertz CT molecular complexity index is 3590. The molecule has 0 N–H and O–H groups in total. The molecule has 0 saturated heterocycles. The molecule has 0 aromatic heterocycles. The third kappa shape index (κ3) is 7.52. The third-order valence-electron chi connectivity index (χ3n) is 17.1. The van der Waals surface area contributed by atoms with Gasteiger partial charge in [0.2, 0.25) is 0 Å². The van der Waals surface area contributed by atoms with Crippen molar-refractivity contribution in [3.8, 4) is 22.3 Å². The van der Waals surface area contributed by atoms with Gasteiger partial charge in [-0.05, 0) is 120 Å². The van der Waals surface area contributed by atoms with Crippen LogP contribution in [-0.2, 0) is 12.8 Å². The van der Waals surface area contributed by atoms with Crippen LogP contribution in [0.2, 0.25) is 0 Å². The molecule has 0 unspecified atom stereocenters. The Morgan fingerprint density at radius 2 is 0.312 bits per heavy atom. The second kappa shape index (κ2) is 19.5. The summed E-state index contributed by atoms with van der Waals surface area (Å²) in [7, 11) is -8.33. The Kier molecular flexibility index (Phi) is 11.8. The van der Waals surface area contributed by atoms with Crippen molar-refractivity contribution in [3.05, 3.63) is 338 Å². The Hall–Kier alpha value is -8.71. The van der Waals surface area contributed by atoms with Crippen molar-refractivity contribution in [2.24, 2.45) is 0 Å². The molecule has 0 nitrogen and oxygen atoms in total. The molecule has 3 heteroatoms. The van der Waals surface area contributed by atoms with Gasteiger partial charge in [0, 0.05) is 0 Å². The average molecular weight is 1030 g/mol. The third-order valence-corrected chi connectivity index (χ3v) is 31.5. The largest absolute Gasteiger partial charge is 0.179 e. The predicted octanol–water partition coefficient (Wildman–Crippen LogP) is 8.96. The number of benzene rings is 12. The lowest BCUT2D eigenvalue weighted by molar-refractivity contribution is 1.27. The Morgan fingerprint density at radius 3 is 0.481 bits per heavy atom. The van der Waals surface area contributed by atoms with Gasteiger partial charge in [0.15, 0.2) is 24.2 Å². The van der Waals surface area contributed by atoms with Crippen molar-refractivity contribution in [3.63, 3.8) is 0 Å². The molecule has 14 rings (SSSR count). The van der Waals surface area contributed by atoms with Crippen LogP contribution >= 0.6 is 0 Å². The van der Waals surface area contributed by atoms with Crippen LogP contribution in [0.15, 0.2) is 315 Å². The first-order chi connectivity index (χ1) is 38.2. The van der Waals surface area contributed by atoms with Gasteiger partial charge in [-0.3, -0.25) is 0 Å². The molecule has 0 spiro atoms. The van der Waals surface area contributed by atoms with E-state index in [-0.39, 0.29) is 0 Å². The van der Waals surface area contributed by atoms with E-state index in [9.17, 15) is 0 Å². The van der Waals surface area contributed by atoms with E-state index in [1.807, 2.05) is 0 Å². The molecule has 0 aliphatic heterocycles. The molecular weight excluding hydrogens is 973 g/mol. The van der Waals surface area contributed by atoms with Crippen LogP contribution in [0, 0.1) is 0 Å². The second-order valence-corrected chi connectivity index (χ2v) is 32.4. The monoisotopic (exact) mass is 1030 g/mol. The van der Waals surface area contributed by atoms with Crippen molar-refractivity contribution in [1.82, 2.24) is 0 Å². The van der Waals surface area contributed by atoms with E-state index in [0.717, 1.165) is 12.8 Å². The standard InChI is InChI=1S/C74H56Si3/c1-9-25-59(26-10-1)75(60-27-11-2-12-28-60,61-29-13-3-14-30-61)67-41-45-71-55(51-67)49-57-53-69(43-47-73(57)71)77(65-37-21-7-22-38-65,66-39-23-8-24-40-66)70-44-48-74-58(54-70)50-56-52-68(42-46-72(56)74)76(62-31-15-4-16-32-62,63-33-17-5-18-34-63)64-35-19-6-20-36-64/h1-48,51-54H,49-50H2. The van der Waals surface area contributed by atoms with E-state index >= 15 is 0 Å². The quantitative estimate of drug-likeness (QED) is 0.0848. The highest BCUT2D eigenvalue weighted by Crippen LogP contribution is 2.38. The fourth-order valence-electron chi connectivity index (χ4n) is 13.9. The van der Waals surface area contributed by atoms with E-state index in [0.29, 0.717) is 0 Å². The van der Waals surface area contributed by atoms with Crippen molar-refractivity contribution in [2.45, 2.75) is 12.8 Å². The van der Waals surface area contributed by atoms with Gasteiger partial charge in [-0.2, -0.15) is 0 Å². The predicted molar refractivity (Wildman–Crippen MR) is 334 cm³/mol. The van der Waals surface area contributed by atoms with Gasteiger partial charge in [0.05, 0.1) is 0 Å². The summed E-state index contributed by atoms with van der Waals surface area (Å²) in [6.45, 7) is 0. The van der Waals surface area contributed by atoms with E-state index in [4.69, 9.17) is 0 Å². The lowest BCUT2D eigenvalue weighted by Crippen LogP contribution is -2.74. The molecule has 12 aromatic rings. The van der Waals surface area contributed by atoms with E-state index in [1.165, 1.54) is 107 Å². The minimum Gasteiger partial charge on any atom is -0.0623 e. The first kappa shape index (κ1) is 46.8. The van der Waals surface area contributed by atoms with Crippen LogP contribution in [0.1, 0.15) is 22.3 Å². The summed E-state index contributed by atoms with van der Waals surface area (Å²) in [5, 5.41) is 16.9. The molecule has 0 fully saturated rings. The van der Waals surface area contributed by atoms with Gasteiger partial charge >= 0.3 is 0 Å². The number of hydrogen-bond acceptors (Lipinski definition) is 0. The maximum atomic E-state index is 2.62. The van der Waals surface area contributed by atoms with Crippen molar-refractivity contribution < 1.29 is 0 Å². The lowest BCUT2D eigenvalue weighted by Gasteiger charge is -2.35. The summed E-state index contributed by atoms with van der Waals surface area (Å²) in [5.74, 6) is 0. The SMILES string of the molecule is c1ccc([Si](c2ccccc2)(c2ccccc2)c2ccc3c(c2)Cc2cc([Si](c4ccccc4)(c4ccccc4)c4ccc5c(c4)Cc4cc([Si](c6ccccc6)(c6ccccc6)c6ccccc6)ccc4-5)ccc2-3)cc1. The molecule has 2 aliphatic carbocycles. The smallest absolute Gasteiger partial charge is 0.0623 e. The average Bonchev–Trinajstić information content (AvgIpc) is 4.21. The minimum atomic E-state index is -2.92. The maximum absolute atomic E-state index is 2.92. The van der Waals surface area contributed by atoms with Crippen LogP contribution in [-0.4, -0.2) is 24.2 Å². The molecule has 0 saturated carbocycles. The summed E-state index contributed by atoms with van der Waals surface area (Å²) < 4.78 is 0. The van der Waals surface area contributed by atoms with E-state index in [1.54, 1.807) is 0 Å². The van der Waals surface area contributed by atoms with Crippen molar-refractivity contribution >= 4 is 86.5 Å². The van der Waals surface area contributed by atoms with Gasteiger partial charge in [-0.25, -0.2) is 0 Å². The molecule has 364 valence electrons. The van der Waals surface area contributed by atoms with Crippen molar-refractivity contribution in [1.29, 1.82) is 0 Å². The highest BCUT2D eigenvalue weighted by molar-refractivity contribution is 7.21. The summed E-state index contributed by atoms with van der Waals surface area (Å²) in [6.07, 6.45) is 1.79. The van der Waals surface area contributed by atoms with Gasteiger partial charge in [-0.15, -0.1) is 0 Å². The van der Waals surface area contributed by atoms with E-state index < -0.39 is 24.2 Å². The molecule has 2 aliphatic rings. The highest BCUT2D eigenvalue weighted by atomic mass is 28.3. The number of fused-ring (bicyclic) bond motifs is 6. The number of hydrogen-bond donors (Lipinski definition) is 0. The van der Waals surface area contributed by atoms with Crippen LogP contribution in [0.25, 0.3) is 22.3 Å². The molecule has 0 heterocycles. The Balaban J connectivity index is 0.900. The zero-order chi connectivity index (χ0) is 51.2. The fraction of sp³-hybridized carbons (Fsp3) is 0.0270. The number of rotatable bonds is 12. The Morgan fingerprint density at radius 1 is 0.156 bits per heavy atom. The fourth-order valence-corrected chi connectivity index (χ4v) is 28.3. The normalized spacial score (nSPS) is 12.6. The first-order valence-corrected chi connectivity index (χ1v) is 33.2. The van der Waals surface area contributed by atoms with Crippen LogP contribution in [0.4, 0.5) is 0 Å². The van der Waals surface area contributed by atoms with Crippen LogP contribution < -0.4 is 62.2 Å². The lowest BCUT2D eigenvalue weighted by atomic mass is 10.1. The summed E-state index contributed by atoms with van der Waals surface area (Å²) in [6, 6.07) is 121. The molecular formula is C74H56Si3. The summed E-state index contributed by atoms with van der Waals surface area (Å²) >= 11 is 0. The van der Waals surface area contributed by atoms with E-state index in [2.05, 4.69) is 315 Å². The van der Waals surface area contributed by atoms with Gasteiger partial charge < -0.3 is 0 Å². The molecule has 0 amide bonds. The highest BCUT2D eigenvalue weighted by Gasteiger charge is 2.46. The van der Waals surface area contributed by atoms with Gasteiger partial charge in [0.1, 0.15) is 0 Å².